The number of carbonyl (C=O) groups excluding carboxylic acids is 1. The van der Waals surface area contributed by atoms with E-state index in [1.807, 2.05) is 0 Å². The van der Waals surface area contributed by atoms with Gasteiger partial charge in [0.05, 0.1) is 0 Å². The van der Waals surface area contributed by atoms with Crippen LogP contribution in [0.15, 0.2) is 22.7 Å². The fourth-order valence-corrected chi connectivity index (χ4v) is 1.55. The number of carbonyl (C=O) groups is 1. The van der Waals surface area contributed by atoms with Crippen LogP contribution in [0.1, 0.15) is 12.0 Å². The van der Waals surface area contributed by atoms with Gasteiger partial charge in [-0.3, -0.25) is 4.79 Å². The van der Waals surface area contributed by atoms with Crippen LogP contribution in [0, 0.1) is 5.82 Å². The molecule has 0 aliphatic rings. The molecule has 1 rings (SSSR count). The van der Waals surface area contributed by atoms with Crippen molar-refractivity contribution in [2.24, 2.45) is 0 Å². The lowest BCUT2D eigenvalue weighted by Crippen LogP contribution is -2.24. The molecule has 16 heavy (non-hydrogen) atoms. The zero-order valence-electron chi connectivity index (χ0n) is 9.02. The average molecular weight is 289 g/mol. The Hall–Kier alpha value is -0.940. The lowest BCUT2D eigenvalue weighted by molar-refractivity contribution is -0.120. The lowest BCUT2D eigenvalue weighted by atomic mass is 10.2. The number of nitrogens with one attached hydrogen (secondary N) is 2. The van der Waals surface area contributed by atoms with Crippen LogP contribution in [0.4, 0.5) is 4.39 Å². The van der Waals surface area contributed by atoms with Crippen molar-refractivity contribution in [2.75, 3.05) is 13.6 Å². The van der Waals surface area contributed by atoms with Gasteiger partial charge in [-0.1, -0.05) is 22.0 Å². The summed E-state index contributed by atoms with van der Waals surface area (Å²) in [5.41, 5.74) is 0.597. The highest BCUT2D eigenvalue weighted by molar-refractivity contribution is 9.10. The largest absolute Gasteiger partial charge is 0.359 e. The molecule has 1 amide bonds. The van der Waals surface area contributed by atoms with Gasteiger partial charge >= 0.3 is 0 Å². The Bertz CT molecular complexity index is 371. The van der Waals surface area contributed by atoms with Crippen molar-refractivity contribution in [3.8, 4) is 0 Å². The summed E-state index contributed by atoms with van der Waals surface area (Å²) < 4.78 is 14.1. The molecule has 0 atom stereocenters. The van der Waals surface area contributed by atoms with Gasteiger partial charge in [0.2, 0.25) is 5.91 Å². The number of rotatable bonds is 5. The molecule has 1 aromatic rings. The molecule has 1 aromatic carbocycles. The Morgan fingerprint density at radius 3 is 2.88 bits per heavy atom. The van der Waals surface area contributed by atoms with Crippen molar-refractivity contribution < 1.29 is 9.18 Å². The van der Waals surface area contributed by atoms with E-state index in [1.54, 1.807) is 19.2 Å². The van der Waals surface area contributed by atoms with Crippen LogP contribution in [0.5, 0.6) is 0 Å². The minimum absolute atomic E-state index is 0.0243. The molecule has 0 saturated carbocycles. The van der Waals surface area contributed by atoms with Crippen molar-refractivity contribution >= 4 is 21.8 Å². The first kappa shape index (κ1) is 13.1. The average Bonchev–Trinajstić information content (AvgIpc) is 2.26. The third kappa shape index (κ3) is 4.28. The molecule has 0 fully saturated rings. The molecule has 88 valence electrons. The first-order valence-electron chi connectivity index (χ1n) is 4.98. The van der Waals surface area contributed by atoms with Crippen molar-refractivity contribution in [3.63, 3.8) is 0 Å². The Kier molecular flexibility index (Phi) is 5.42. The van der Waals surface area contributed by atoms with E-state index in [2.05, 4.69) is 26.6 Å². The molecule has 0 bridgehead atoms. The van der Waals surface area contributed by atoms with Crippen molar-refractivity contribution in [1.82, 2.24) is 10.6 Å². The van der Waals surface area contributed by atoms with Crippen LogP contribution in [-0.4, -0.2) is 19.5 Å². The van der Waals surface area contributed by atoms with Crippen molar-refractivity contribution in [2.45, 2.75) is 13.0 Å². The van der Waals surface area contributed by atoms with Crippen LogP contribution in [-0.2, 0) is 11.3 Å². The van der Waals surface area contributed by atoms with E-state index in [4.69, 9.17) is 0 Å². The van der Waals surface area contributed by atoms with Crippen LogP contribution in [0.25, 0.3) is 0 Å². The van der Waals surface area contributed by atoms with Crippen LogP contribution in [0.2, 0.25) is 0 Å². The van der Waals surface area contributed by atoms with Gasteiger partial charge in [0.25, 0.3) is 0 Å². The van der Waals surface area contributed by atoms with E-state index in [1.165, 1.54) is 6.07 Å². The van der Waals surface area contributed by atoms with Crippen molar-refractivity contribution in [1.29, 1.82) is 0 Å². The summed E-state index contributed by atoms with van der Waals surface area (Å²) in [4.78, 5) is 10.9. The Morgan fingerprint density at radius 2 is 2.25 bits per heavy atom. The zero-order chi connectivity index (χ0) is 12.0. The highest BCUT2D eigenvalue weighted by Crippen LogP contribution is 2.14. The number of amides is 1. The third-order valence-corrected chi connectivity index (χ3v) is 2.63. The van der Waals surface area contributed by atoms with Crippen molar-refractivity contribution in [3.05, 3.63) is 34.1 Å². The predicted molar refractivity (Wildman–Crippen MR) is 64.5 cm³/mol. The summed E-state index contributed by atoms with van der Waals surface area (Å²) in [6.45, 7) is 0.964. The van der Waals surface area contributed by atoms with E-state index >= 15 is 0 Å². The maximum atomic E-state index is 13.4. The molecule has 3 nitrogen and oxygen atoms in total. The normalized spacial score (nSPS) is 10.2. The van der Waals surface area contributed by atoms with E-state index in [9.17, 15) is 9.18 Å². The number of benzene rings is 1. The van der Waals surface area contributed by atoms with Gasteiger partial charge in [-0.25, -0.2) is 4.39 Å². The summed E-state index contributed by atoms with van der Waals surface area (Å²) in [7, 11) is 1.59. The molecule has 0 aliphatic heterocycles. The molecule has 2 N–H and O–H groups in total. The second kappa shape index (κ2) is 6.60. The molecule has 0 heterocycles. The number of halogens is 2. The SMILES string of the molecule is CNC(=O)CCNCc1ccc(Br)cc1F. The molecule has 0 aromatic heterocycles. The predicted octanol–water partition coefficient (Wildman–Crippen LogP) is 1.81. The van der Waals surface area contributed by atoms with E-state index in [0.29, 0.717) is 25.1 Å². The topological polar surface area (TPSA) is 41.1 Å². The van der Waals surface area contributed by atoms with Gasteiger partial charge in [-0.2, -0.15) is 0 Å². The highest BCUT2D eigenvalue weighted by Gasteiger charge is 2.02. The van der Waals surface area contributed by atoms with Gasteiger partial charge < -0.3 is 10.6 Å². The summed E-state index contributed by atoms with van der Waals surface area (Å²) in [5, 5.41) is 5.53. The minimum Gasteiger partial charge on any atom is -0.359 e. The number of hydrogen-bond acceptors (Lipinski definition) is 2. The smallest absolute Gasteiger partial charge is 0.221 e. The van der Waals surface area contributed by atoms with E-state index < -0.39 is 0 Å². The maximum absolute atomic E-state index is 13.4. The van der Waals surface area contributed by atoms with Crippen LogP contribution in [0.3, 0.4) is 0 Å². The molecular weight excluding hydrogens is 275 g/mol. The third-order valence-electron chi connectivity index (χ3n) is 2.14. The Morgan fingerprint density at radius 1 is 1.50 bits per heavy atom. The standard InChI is InChI=1S/C11H14BrFN2O/c1-14-11(16)4-5-15-7-8-2-3-9(12)6-10(8)13/h2-3,6,15H,4-5,7H2,1H3,(H,14,16). The van der Waals surface area contributed by atoms with Crippen LogP contribution < -0.4 is 10.6 Å². The molecule has 0 aliphatic carbocycles. The molecule has 0 unspecified atom stereocenters. The Labute approximate surface area is 103 Å². The van der Waals surface area contributed by atoms with E-state index in [0.717, 1.165) is 4.47 Å². The molecule has 5 heteroatoms. The van der Waals surface area contributed by atoms with Gasteiger partial charge in [-0.05, 0) is 12.1 Å². The fourth-order valence-electron chi connectivity index (χ4n) is 1.22. The second-order valence-corrected chi connectivity index (χ2v) is 4.25. The van der Waals surface area contributed by atoms with Crippen LogP contribution >= 0.6 is 15.9 Å². The second-order valence-electron chi connectivity index (χ2n) is 3.34. The Balaban J connectivity index is 2.35. The maximum Gasteiger partial charge on any atom is 0.221 e. The monoisotopic (exact) mass is 288 g/mol. The molecule has 0 radical (unpaired) electrons. The summed E-state index contributed by atoms with van der Waals surface area (Å²) in [6.07, 6.45) is 0.397. The first-order valence-corrected chi connectivity index (χ1v) is 5.78. The van der Waals surface area contributed by atoms with E-state index in [-0.39, 0.29) is 11.7 Å². The molecule has 0 saturated heterocycles. The molecule has 0 spiro atoms. The minimum atomic E-state index is -0.248. The first-order chi connectivity index (χ1) is 7.63. The lowest BCUT2D eigenvalue weighted by Gasteiger charge is -2.05. The van der Waals surface area contributed by atoms with Gasteiger partial charge in [-0.15, -0.1) is 0 Å². The summed E-state index contributed by atoms with van der Waals surface area (Å²) >= 11 is 3.19. The summed E-state index contributed by atoms with van der Waals surface area (Å²) in [6, 6.07) is 4.93. The fraction of sp³-hybridized carbons (Fsp3) is 0.364. The quantitative estimate of drug-likeness (QED) is 0.812. The van der Waals surface area contributed by atoms with Gasteiger partial charge in [0.15, 0.2) is 0 Å². The zero-order valence-corrected chi connectivity index (χ0v) is 10.6. The van der Waals surface area contributed by atoms with Gasteiger partial charge in [0.1, 0.15) is 5.82 Å². The summed E-state index contributed by atoms with van der Waals surface area (Å²) in [5.74, 6) is -0.273. The van der Waals surface area contributed by atoms with Gasteiger partial charge in [0, 0.05) is 36.6 Å². The number of hydrogen-bond donors (Lipinski definition) is 2. The molecular formula is C11H14BrFN2O. The highest BCUT2D eigenvalue weighted by atomic mass is 79.9.